The van der Waals surface area contributed by atoms with E-state index in [0.717, 1.165) is 28.2 Å². The first-order valence-electron chi connectivity index (χ1n) is 5.40. The first-order chi connectivity index (χ1) is 7.51. The molecule has 0 spiro atoms. The van der Waals surface area contributed by atoms with E-state index >= 15 is 0 Å². The van der Waals surface area contributed by atoms with E-state index in [-0.39, 0.29) is 6.10 Å². The second kappa shape index (κ2) is 5.21. The smallest absolute Gasteiger partial charge is 0.163 e. The maximum absolute atomic E-state index is 9.44. The molecule has 0 aliphatic rings. The second-order valence-corrected chi connectivity index (χ2v) is 4.07. The van der Waals surface area contributed by atoms with Crippen molar-refractivity contribution in [2.24, 2.45) is 0 Å². The van der Waals surface area contributed by atoms with Gasteiger partial charge < -0.3 is 14.6 Å². The predicted octanol–water partition coefficient (Wildman–Crippen LogP) is 2.24. The summed E-state index contributed by atoms with van der Waals surface area (Å²) in [6.07, 6.45) is 0.281. The number of hydrogen-bond donors (Lipinski definition) is 1. The highest BCUT2D eigenvalue weighted by molar-refractivity contribution is 5.53. The molecule has 1 unspecified atom stereocenters. The third-order valence-electron chi connectivity index (χ3n) is 2.85. The predicted molar refractivity (Wildman–Crippen MR) is 64.4 cm³/mol. The minimum Gasteiger partial charge on any atom is -0.493 e. The molecule has 3 nitrogen and oxygen atoms in total. The molecule has 0 saturated carbocycles. The highest BCUT2D eigenvalue weighted by Crippen LogP contribution is 2.35. The molecule has 1 N–H and O–H groups in total. The molecule has 3 heteroatoms. The van der Waals surface area contributed by atoms with Crippen molar-refractivity contribution in [1.82, 2.24) is 0 Å². The molecule has 90 valence electrons. The Bertz CT molecular complexity index is 370. The second-order valence-electron chi connectivity index (χ2n) is 4.07. The van der Waals surface area contributed by atoms with Crippen LogP contribution in [0.25, 0.3) is 0 Å². The number of benzene rings is 1. The number of aliphatic hydroxyl groups is 1. The Hall–Kier alpha value is -1.22. The lowest BCUT2D eigenvalue weighted by Crippen LogP contribution is -2.07. The fraction of sp³-hybridized carbons (Fsp3) is 0.538. The van der Waals surface area contributed by atoms with Crippen LogP contribution < -0.4 is 9.47 Å². The summed E-state index contributed by atoms with van der Waals surface area (Å²) in [5.74, 6) is 1.50. The normalized spacial score (nSPS) is 12.4. The van der Waals surface area contributed by atoms with Crippen LogP contribution in [0.15, 0.2) is 6.07 Å². The van der Waals surface area contributed by atoms with Crippen molar-refractivity contribution < 1.29 is 14.6 Å². The van der Waals surface area contributed by atoms with Crippen molar-refractivity contribution in [2.75, 3.05) is 14.2 Å². The first kappa shape index (κ1) is 12.8. The summed E-state index contributed by atoms with van der Waals surface area (Å²) in [5.41, 5.74) is 3.32. The van der Waals surface area contributed by atoms with Crippen LogP contribution in [0.5, 0.6) is 11.5 Å². The Morgan fingerprint density at radius 1 is 1.19 bits per heavy atom. The van der Waals surface area contributed by atoms with Crippen molar-refractivity contribution >= 4 is 0 Å². The standard InChI is InChI=1S/C13H20O3/c1-8(14)6-11-7-12(15-4)13(16-5)10(3)9(11)2/h7-8,14H,6H2,1-5H3. The van der Waals surface area contributed by atoms with Crippen molar-refractivity contribution in [3.05, 3.63) is 22.8 Å². The van der Waals surface area contributed by atoms with Gasteiger partial charge in [0.25, 0.3) is 0 Å². The third kappa shape index (κ3) is 2.47. The van der Waals surface area contributed by atoms with Gasteiger partial charge in [-0.2, -0.15) is 0 Å². The number of rotatable bonds is 4. The third-order valence-corrected chi connectivity index (χ3v) is 2.85. The zero-order valence-corrected chi connectivity index (χ0v) is 10.6. The Morgan fingerprint density at radius 3 is 2.25 bits per heavy atom. The molecule has 0 aliphatic heterocycles. The lowest BCUT2D eigenvalue weighted by atomic mass is 9.97. The highest BCUT2D eigenvalue weighted by Gasteiger charge is 2.14. The fourth-order valence-electron chi connectivity index (χ4n) is 1.86. The number of aliphatic hydroxyl groups excluding tert-OH is 1. The van der Waals surface area contributed by atoms with Gasteiger partial charge in [0.15, 0.2) is 11.5 Å². The van der Waals surface area contributed by atoms with Gasteiger partial charge in [-0.3, -0.25) is 0 Å². The van der Waals surface area contributed by atoms with Gasteiger partial charge in [0, 0.05) is 0 Å². The van der Waals surface area contributed by atoms with Gasteiger partial charge in [0.2, 0.25) is 0 Å². The molecular formula is C13H20O3. The van der Waals surface area contributed by atoms with Crippen LogP contribution in [0.1, 0.15) is 23.6 Å². The van der Waals surface area contributed by atoms with E-state index < -0.39 is 0 Å². The van der Waals surface area contributed by atoms with Crippen LogP contribution in [0, 0.1) is 13.8 Å². The largest absolute Gasteiger partial charge is 0.493 e. The Balaban J connectivity index is 3.27. The molecule has 16 heavy (non-hydrogen) atoms. The zero-order valence-electron chi connectivity index (χ0n) is 10.6. The maximum atomic E-state index is 9.44. The molecule has 0 saturated heterocycles. The topological polar surface area (TPSA) is 38.7 Å². The summed E-state index contributed by atoms with van der Waals surface area (Å²) in [6.45, 7) is 5.82. The van der Waals surface area contributed by atoms with Gasteiger partial charge in [0.1, 0.15) is 0 Å². The van der Waals surface area contributed by atoms with Crippen molar-refractivity contribution in [3.63, 3.8) is 0 Å². The molecule has 0 fully saturated rings. The summed E-state index contributed by atoms with van der Waals surface area (Å²) in [5, 5.41) is 9.44. The lowest BCUT2D eigenvalue weighted by molar-refractivity contribution is 0.195. The number of methoxy groups -OCH3 is 2. The molecule has 1 aromatic rings. The van der Waals surface area contributed by atoms with Crippen LogP contribution in [-0.4, -0.2) is 25.4 Å². The van der Waals surface area contributed by atoms with Crippen LogP contribution in [0.2, 0.25) is 0 Å². The van der Waals surface area contributed by atoms with Gasteiger partial charge in [-0.1, -0.05) is 0 Å². The average molecular weight is 224 g/mol. The molecule has 1 rings (SSSR count). The quantitative estimate of drug-likeness (QED) is 0.852. The van der Waals surface area contributed by atoms with Crippen LogP contribution in [-0.2, 0) is 6.42 Å². The van der Waals surface area contributed by atoms with E-state index in [1.54, 1.807) is 21.1 Å². The molecule has 0 bridgehead atoms. The Labute approximate surface area is 97.0 Å². The summed E-state index contributed by atoms with van der Waals surface area (Å²) < 4.78 is 10.6. The Kier molecular flexibility index (Phi) is 4.19. The highest BCUT2D eigenvalue weighted by atomic mass is 16.5. The molecule has 1 aromatic carbocycles. The zero-order chi connectivity index (χ0) is 12.3. The van der Waals surface area contributed by atoms with Crippen LogP contribution in [0.3, 0.4) is 0 Å². The molecule has 0 radical (unpaired) electrons. The van der Waals surface area contributed by atoms with Crippen LogP contribution in [0.4, 0.5) is 0 Å². The Morgan fingerprint density at radius 2 is 1.81 bits per heavy atom. The minimum absolute atomic E-state index is 0.351. The van der Waals surface area contributed by atoms with E-state index in [4.69, 9.17) is 9.47 Å². The number of ether oxygens (including phenoxy) is 2. The van der Waals surface area contributed by atoms with E-state index in [1.807, 2.05) is 19.9 Å². The monoisotopic (exact) mass is 224 g/mol. The van der Waals surface area contributed by atoms with Gasteiger partial charge in [-0.05, 0) is 49.9 Å². The SMILES string of the molecule is COc1cc(CC(C)O)c(C)c(C)c1OC. The molecular weight excluding hydrogens is 204 g/mol. The van der Waals surface area contributed by atoms with E-state index in [2.05, 4.69) is 0 Å². The van der Waals surface area contributed by atoms with Gasteiger partial charge in [0.05, 0.1) is 20.3 Å². The average Bonchev–Trinajstić information content (AvgIpc) is 2.24. The van der Waals surface area contributed by atoms with Crippen molar-refractivity contribution in [3.8, 4) is 11.5 Å². The molecule has 0 heterocycles. The summed E-state index contributed by atoms with van der Waals surface area (Å²) in [6, 6.07) is 1.94. The van der Waals surface area contributed by atoms with Crippen molar-refractivity contribution in [2.45, 2.75) is 33.3 Å². The lowest BCUT2D eigenvalue weighted by Gasteiger charge is -2.17. The molecule has 1 atom stereocenters. The van der Waals surface area contributed by atoms with Crippen molar-refractivity contribution in [1.29, 1.82) is 0 Å². The summed E-state index contributed by atoms with van der Waals surface area (Å²) in [4.78, 5) is 0. The van der Waals surface area contributed by atoms with Gasteiger partial charge >= 0.3 is 0 Å². The van der Waals surface area contributed by atoms with Gasteiger partial charge in [-0.25, -0.2) is 0 Å². The molecule has 0 aromatic heterocycles. The van der Waals surface area contributed by atoms with E-state index in [1.165, 1.54) is 0 Å². The summed E-state index contributed by atoms with van der Waals surface area (Å²) in [7, 11) is 3.26. The van der Waals surface area contributed by atoms with E-state index in [0.29, 0.717) is 6.42 Å². The fourth-order valence-corrected chi connectivity index (χ4v) is 1.86. The minimum atomic E-state index is -0.351. The number of hydrogen-bond acceptors (Lipinski definition) is 3. The molecule has 0 amide bonds. The van der Waals surface area contributed by atoms with E-state index in [9.17, 15) is 5.11 Å². The first-order valence-corrected chi connectivity index (χ1v) is 5.40. The summed E-state index contributed by atoms with van der Waals surface area (Å²) >= 11 is 0. The maximum Gasteiger partial charge on any atom is 0.163 e. The molecule has 0 aliphatic carbocycles. The van der Waals surface area contributed by atoms with Gasteiger partial charge in [-0.15, -0.1) is 0 Å². The van der Waals surface area contributed by atoms with Crippen LogP contribution >= 0.6 is 0 Å².